The van der Waals surface area contributed by atoms with E-state index in [1.807, 2.05) is 6.08 Å². The van der Waals surface area contributed by atoms with E-state index in [0.717, 1.165) is 17.0 Å². The van der Waals surface area contributed by atoms with Crippen LogP contribution in [0.1, 0.15) is 11.4 Å². The summed E-state index contributed by atoms with van der Waals surface area (Å²) in [6, 6.07) is 16.9. The molecule has 0 aliphatic heterocycles. The molecule has 0 atom stereocenters. The van der Waals surface area contributed by atoms with Gasteiger partial charge in [0.1, 0.15) is 5.65 Å². The summed E-state index contributed by atoms with van der Waals surface area (Å²) in [5.74, 6) is 0. The van der Waals surface area contributed by atoms with Crippen LogP contribution in [-0.4, -0.2) is 9.38 Å². The lowest BCUT2D eigenvalue weighted by Crippen LogP contribution is -1.92. The molecule has 2 nitrogen and oxygen atoms in total. The number of aromatic nitrogens is 2. The molecule has 2 aromatic carbocycles. The topological polar surface area (TPSA) is 17.3 Å². The van der Waals surface area contributed by atoms with Gasteiger partial charge in [0.05, 0.1) is 11.2 Å². The fourth-order valence-corrected chi connectivity index (χ4v) is 3.00. The molecule has 0 N–H and O–H groups in total. The Morgan fingerprint density at radius 2 is 1.60 bits per heavy atom. The number of hydrogen-bond donors (Lipinski definition) is 0. The Morgan fingerprint density at radius 1 is 0.950 bits per heavy atom. The third kappa shape index (κ3) is 1.31. The highest BCUT2D eigenvalue weighted by Gasteiger charge is 2.13. The molecule has 2 heterocycles. The maximum atomic E-state index is 4.75. The molecule has 4 rings (SSSR count). The van der Waals surface area contributed by atoms with Gasteiger partial charge in [0.2, 0.25) is 0 Å². The molecule has 0 fully saturated rings. The Hall–Kier alpha value is -2.61. The van der Waals surface area contributed by atoms with Crippen LogP contribution in [0.3, 0.4) is 0 Å². The molecule has 0 aliphatic carbocycles. The average Bonchev–Trinajstić information content (AvgIpc) is 2.85. The van der Waals surface area contributed by atoms with Crippen molar-refractivity contribution in [2.75, 3.05) is 0 Å². The predicted molar refractivity (Wildman–Crippen MR) is 85.0 cm³/mol. The SMILES string of the molecule is C=Cc1nc2c3ccccc3c3ccccc3n2c1C. The van der Waals surface area contributed by atoms with Crippen molar-refractivity contribution in [2.45, 2.75) is 6.92 Å². The van der Waals surface area contributed by atoms with Crippen molar-refractivity contribution in [1.29, 1.82) is 0 Å². The zero-order valence-electron chi connectivity index (χ0n) is 11.3. The van der Waals surface area contributed by atoms with Crippen molar-refractivity contribution < 1.29 is 0 Å². The molecule has 0 aliphatic rings. The molecule has 0 radical (unpaired) electrons. The Bertz CT molecular complexity index is 977. The highest BCUT2D eigenvalue weighted by molar-refractivity contribution is 6.11. The maximum Gasteiger partial charge on any atom is 0.146 e. The van der Waals surface area contributed by atoms with Gasteiger partial charge in [-0.15, -0.1) is 0 Å². The maximum absolute atomic E-state index is 4.75. The third-order valence-corrected chi connectivity index (χ3v) is 3.94. The van der Waals surface area contributed by atoms with E-state index in [0.29, 0.717) is 0 Å². The number of pyridine rings is 1. The van der Waals surface area contributed by atoms with Crippen molar-refractivity contribution in [3.63, 3.8) is 0 Å². The number of benzene rings is 2. The van der Waals surface area contributed by atoms with Crippen LogP contribution in [-0.2, 0) is 0 Å². The lowest BCUT2D eigenvalue weighted by atomic mass is 10.1. The molecule has 4 aromatic rings. The highest BCUT2D eigenvalue weighted by atomic mass is 15.0. The lowest BCUT2D eigenvalue weighted by molar-refractivity contribution is 1.17. The highest BCUT2D eigenvalue weighted by Crippen LogP contribution is 2.30. The Labute approximate surface area is 117 Å². The second kappa shape index (κ2) is 3.94. The minimum Gasteiger partial charge on any atom is -0.296 e. The Morgan fingerprint density at radius 3 is 2.35 bits per heavy atom. The fourth-order valence-electron chi connectivity index (χ4n) is 3.00. The lowest BCUT2D eigenvalue weighted by Gasteiger charge is -2.08. The summed E-state index contributed by atoms with van der Waals surface area (Å²) in [7, 11) is 0. The molecule has 0 bridgehead atoms. The number of imidazole rings is 1. The van der Waals surface area contributed by atoms with Gasteiger partial charge >= 0.3 is 0 Å². The van der Waals surface area contributed by atoms with Gasteiger partial charge in [0, 0.05) is 16.5 Å². The standard InChI is InChI=1S/C18H14N2/c1-3-16-12(2)20-17-11-7-6-9-14(17)13-8-4-5-10-15(13)18(20)19-16/h3-11H,1H2,2H3. The summed E-state index contributed by atoms with van der Waals surface area (Å²) >= 11 is 0. The van der Waals surface area contributed by atoms with Crippen LogP contribution >= 0.6 is 0 Å². The van der Waals surface area contributed by atoms with Gasteiger partial charge < -0.3 is 0 Å². The quantitative estimate of drug-likeness (QED) is 0.456. The summed E-state index contributed by atoms with van der Waals surface area (Å²) in [5, 5.41) is 3.69. The van der Waals surface area contributed by atoms with E-state index in [4.69, 9.17) is 4.98 Å². The van der Waals surface area contributed by atoms with E-state index < -0.39 is 0 Å². The number of rotatable bonds is 1. The number of aryl methyl sites for hydroxylation is 1. The van der Waals surface area contributed by atoms with Crippen LogP contribution in [0.5, 0.6) is 0 Å². The van der Waals surface area contributed by atoms with E-state index >= 15 is 0 Å². The minimum absolute atomic E-state index is 0.950. The summed E-state index contributed by atoms with van der Waals surface area (Å²) < 4.78 is 2.23. The summed E-state index contributed by atoms with van der Waals surface area (Å²) in [5.41, 5.74) is 4.29. The molecular weight excluding hydrogens is 244 g/mol. The molecule has 96 valence electrons. The molecule has 0 saturated heterocycles. The first-order chi connectivity index (χ1) is 9.81. The first-order valence-corrected chi connectivity index (χ1v) is 6.72. The van der Waals surface area contributed by atoms with Crippen molar-refractivity contribution >= 4 is 33.4 Å². The van der Waals surface area contributed by atoms with Crippen molar-refractivity contribution in [2.24, 2.45) is 0 Å². The van der Waals surface area contributed by atoms with E-state index in [-0.39, 0.29) is 0 Å². The summed E-state index contributed by atoms with van der Waals surface area (Å²) in [4.78, 5) is 4.75. The third-order valence-electron chi connectivity index (χ3n) is 3.94. The van der Waals surface area contributed by atoms with Crippen LogP contribution < -0.4 is 0 Å². The average molecular weight is 258 g/mol. The molecule has 2 aromatic heterocycles. The molecule has 20 heavy (non-hydrogen) atoms. The van der Waals surface area contributed by atoms with Crippen LogP contribution in [0, 0.1) is 6.92 Å². The van der Waals surface area contributed by atoms with E-state index in [1.54, 1.807) is 0 Å². The molecule has 0 saturated carbocycles. The Balaban J connectivity index is 2.44. The molecule has 0 amide bonds. The summed E-state index contributed by atoms with van der Waals surface area (Å²) in [6.07, 6.45) is 1.83. The number of nitrogens with zero attached hydrogens (tertiary/aromatic N) is 2. The Kier molecular flexibility index (Phi) is 2.21. The zero-order valence-corrected chi connectivity index (χ0v) is 11.3. The van der Waals surface area contributed by atoms with Crippen LogP contribution in [0.2, 0.25) is 0 Å². The monoisotopic (exact) mass is 258 g/mol. The van der Waals surface area contributed by atoms with Crippen molar-refractivity contribution in [3.05, 3.63) is 66.5 Å². The second-order valence-electron chi connectivity index (χ2n) is 5.01. The molecule has 0 unspecified atom stereocenters. The van der Waals surface area contributed by atoms with E-state index in [1.165, 1.54) is 21.7 Å². The first kappa shape index (κ1) is 11.2. The van der Waals surface area contributed by atoms with E-state index in [2.05, 4.69) is 66.4 Å². The minimum atomic E-state index is 0.950. The van der Waals surface area contributed by atoms with Crippen LogP contribution in [0.4, 0.5) is 0 Å². The van der Waals surface area contributed by atoms with Gasteiger partial charge in [-0.2, -0.15) is 0 Å². The van der Waals surface area contributed by atoms with Crippen LogP contribution in [0.25, 0.3) is 33.4 Å². The smallest absolute Gasteiger partial charge is 0.146 e. The largest absolute Gasteiger partial charge is 0.296 e. The van der Waals surface area contributed by atoms with Gasteiger partial charge in [0.15, 0.2) is 0 Å². The van der Waals surface area contributed by atoms with Gasteiger partial charge in [-0.3, -0.25) is 4.40 Å². The zero-order chi connectivity index (χ0) is 13.7. The van der Waals surface area contributed by atoms with E-state index in [9.17, 15) is 0 Å². The first-order valence-electron chi connectivity index (χ1n) is 6.72. The van der Waals surface area contributed by atoms with Gasteiger partial charge in [-0.1, -0.05) is 49.0 Å². The molecular formula is C18H14N2. The van der Waals surface area contributed by atoms with Crippen molar-refractivity contribution in [1.82, 2.24) is 9.38 Å². The number of fused-ring (bicyclic) bond motifs is 6. The number of para-hydroxylation sites is 1. The van der Waals surface area contributed by atoms with Crippen LogP contribution in [0.15, 0.2) is 55.1 Å². The fraction of sp³-hybridized carbons (Fsp3) is 0.0556. The van der Waals surface area contributed by atoms with Gasteiger partial charge in [0.25, 0.3) is 0 Å². The van der Waals surface area contributed by atoms with Gasteiger partial charge in [-0.05, 0) is 24.5 Å². The number of hydrogen-bond acceptors (Lipinski definition) is 1. The summed E-state index contributed by atoms with van der Waals surface area (Å²) in [6.45, 7) is 5.97. The predicted octanol–water partition coefficient (Wildman–Crippen LogP) is 4.59. The molecule has 0 spiro atoms. The normalized spacial score (nSPS) is 11.4. The van der Waals surface area contributed by atoms with Crippen molar-refractivity contribution in [3.8, 4) is 0 Å². The van der Waals surface area contributed by atoms with Gasteiger partial charge in [-0.25, -0.2) is 4.98 Å². The molecule has 2 heteroatoms. The second-order valence-corrected chi connectivity index (χ2v) is 5.01.